The molecule has 1 aromatic heterocycles. The van der Waals surface area contributed by atoms with E-state index in [1.54, 1.807) is 12.1 Å². The number of carbonyl (C=O) groups is 1. The summed E-state index contributed by atoms with van der Waals surface area (Å²) >= 11 is 0. The zero-order valence-corrected chi connectivity index (χ0v) is 12.1. The third-order valence-corrected chi connectivity index (χ3v) is 2.77. The summed E-state index contributed by atoms with van der Waals surface area (Å²) in [5, 5.41) is 12.9. The number of fused-ring (bicyclic) bond motifs is 2. The van der Waals surface area contributed by atoms with Crippen LogP contribution in [0.1, 0.15) is 10.6 Å². The van der Waals surface area contributed by atoms with Gasteiger partial charge in [0.2, 0.25) is 0 Å². The van der Waals surface area contributed by atoms with E-state index in [-0.39, 0.29) is 29.6 Å². The van der Waals surface area contributed by atoms with Crippen LogP contribution in [-0.4, -0.2) is 15.9 Å². The Kier molecular flexibility index (Phi) is 3.71. The fourth-order valence-electron chi connectivity index (χ4n) is 1.92. The van der Waals surface area contributed by atoms with Gasteiger partial charge >= 0.3 is 29.6 Å². The van der Waals surface area contributed by atoms with E-state index < -0.39 is 17.4 Å². The standard InChI is InChI=1S/C13H8N2O3.Na/c16-12-9-5-7-3-1-2-4-8(7)6-10(9)14-11(15-12)13(17)18;/h1-6H,(H,17,18)(H,14,15,16);/q;+1/p-1. The van der Waals surface area contributed by atoms with Gasteiger partial charge in [-0.05, 0) is 22.9 Å². The van der Waals surface area contributed by atoms with Crippen molar-refractivity contribution in [2.45, 2.75) is 0 Å². The predicted molar refractivity (Wildman–Crippen MR) is 64.2 cm³/mol. The Morgan fingerprint density at radius 3 is 2.42 bits per heavy atom. The second-order valence-corrected chi connectivity index (χ2v) is 3.92. The van der Waals surface area contributed by atoms with Crippen molar-refractivity contribution >= 4 is 27.6 Å². The van der Waals surface area contributed by atoms with Crippen LogP contribution in [0.2, 0.25) is 0 Å². The summed E-state index contributed by atoms with van der Waals surface area (Å²) in [5.74, 6) is -1.95. The Hall–Kier alpha value is -1.69. The van der Waals surface area contributed by atoms with Crippen LogP contribution in [-0.2, 0) is 0 Å². The van der Waals surface area contributed by atoms with Gasteiger partial charge in [0.15, 0.2) is 5.82 Å². The van der Waals surface area contributed by atoms with Gasteiger partial charge in [-0.25, -0.2) is 4.98 Å². The van der Waals surface area contributed by atoms with Crippen molar-refractivity contribution in [2.24, 2.45) is 0 Å². The molecule has 0 radical (unpaired) electrons. The van der Waals surface area contributed by atoms with Crippen molar-refractivity contribution in [3.8, 4) is 0 Å². The number of nitrogens with one attached hydrogen (secondary N) is 1. The molecule has 0 aliphatic rings. The Morgan fingerprint density at radius 1 is 1.16 bits per heavy atom. The molecule has 0 amide bonds. The first-order chi connectivity index (χ1) is 8.65. The predicted octanol–water partition coefficient (Wildman–Crippen LogP) is -2.56. The van der Waals surface area contributed by atoms with E-state index >= 15 is 0 Å². The van der Waals surface area contributed by atoms with Gasteiger partial charge in [-0.15, -0.1) is 0 Å². The Bertz CT molecular complexity index is 842. The quantitative estimate of drug-likeness (QED) is 0.386. The number of carboxylic acid groups (broad SMARTS) is 1. The largest absolute Gasteiger partial charge is 1.00 e. The molecule has 1 heterocycles. The van der Waals surface area contributed by atoms with E-state index in [9.17, 15) is 14.7 Å². The summed E-state index contributed by atoms with van der Waals surface area (Å²) < 4.78 is 0. The minimum atomic E-state index is -1.50. The summed E-state index contributed by atoms with van der Waals surface area (Å²) in [6.07, 6.45) is 0. The minimum Gasteiger partial charge on any atom is -0.542 e. The molecular weight excluding hydrogens is 255 g/mol. The van der Waals surface area contributed by atoms with E-state index in [0.717, 1.165) is 10.8 Å². The molecule has 0 unspecified atom stereocenters. The number of carboxylic acids is 1. The smallest absolute Gasteiger partial charge is 0.542 e. The molecule has 2 aromatic carbocycles. The molecule has 3 rings (SSSR count). The van der Waals surface area contributed by atoms with Crippen LogP contribution in [0.5, 0.6) is 0 Å². The number of rotatable bonds is 1. The fraction of sp³-hybridized carbons (Fsp3) is 0. The van der Waals surface area contributed by atoms with Gasteiger partial charge in [-0.3, -0.25) is 4.79 Å². The number of aromatic amines is 1. The van der Waals surface area contributed by atoms with Crippen molar-refractivity contribution in [3.05, 3.63) is 52.6 Å². The van der Waals surface area contributed by atoms with Gasteiger partial charge in [0, 0.05) is 0 Å². The van der Waals surface area contributed by atoms with E-state index in [1.807, 2.05) is 24.3 Å². The summed E-state index contributed by atoms with van der Waals surface area (Å²) in [5.41, 5.74) is -0.137. The Morgan fingerprint density at radius 2 is 1.79 bits per heavy atom. The van der Waals surface area contributed by atoms with Crippen LogP contribution in [0.3, 0.4) is 0 Å². The molecule has 19 heavy (non-hydrogen) atoms. The molecule has 5 nitrogen and oxygen atoms in total. The monoisotopic (exact) mass is 262 g/mol. The molecule has 0 fully saturated rings. The number of benzene rings is 2. The molecule has 0 aliphatic carbocycles. The first-order valence-electron chi connectivity index (χ1n) is 5.29. The average Bonchev–Trinajstić information content (AvgIpc) is 2.36. The molecular formula is C13H7N2NaO3. The van der Waals surface area contributed by atoms with Crippen molar-refractivity contribution < 1.29 is 39.5 Å². The zero-order chi connectivity index (χ0) is 12.7. The maximum atomic E-state index is 11.8. The van der Waals surface area contributed by atoms with Crippen LogP contribution in [0.15, 0.2) is 41.2 Å². The Labute approximate surface area is 129 Å². The van der Waals surface area contributed by atoms with Crippen molar-refractivity contribution in [3.63, 3.8) is 0 Å². The molecule has 0 aliphatic heterocycles. The molecule has 0 atom stereocenters. The molecule has 1 N–H and O–H groups in total. The van der Waals surface area contributed by atoms with Crippen LogP contribution >= 0.6 is 0 Å². The SMILES string of the molecule is O=C([O-])c1nc2cc3ccccc3cc2c(=O)[nH]1.[Na+]. The summed E-state index contributed by atoms with van der Waals surface area (Å²) in [7, 11) is 0. The van der Waals surface area contributed by atoms with Gasteiger partial charge in [-0.2, -0.15) is 0 Å². The van der Waals surface area contributed by atoms with E-state index in [4.69, 9.17) is 0 Å². The summed E-state index contributed by atoms with van der Waals surface area (Å²) in [6, 6.07) is 10.9. The van der Waals surface area contributed by atoms with E-state index in [1.165, 1.54) is 0 Å². The average molecular weight is 262 g/mol. The first kappa shape index (κ1) is 13.7. The minimum absolute atomic E-state index is 0. The summed E-state index contributed by atoms with van der Waals surface area (Å²) in [6.45, 7) is 0. The van der Waals surface area contributed by atoms with Crippen molar-refractivity contribution in [1.29, 1.82) is 0 Å². The maximum absolute atomic E-state index is 11.8. The van der Waals surface area contributed by atoms with Crippen LogP contribution in [0.25, 0.3) is 21.7 Å². The zero-order valence-electron chi connectivity index (χ0n) is 10.1. The van der Waals surface area contributed by atoms with Gasteiger partial charge in [0.25, 0.3) is 5.56 Å². The van der Waals surface area contributed by atoms with Crippen molar-refractivity contribution in [2.75, 3.05) is 0 Å². The fourth-order valence-corrected chi connectivity index (χ4v) is 1.92. The van der Waals surface area contributed by atoms with Gasteiger partial charge in [0.1, 0.15) is 5.97 Å². The number of carbonyl (C=O) groups excluding carboxylic acids is 1. The number of nitrogens with zero attached hydrogens (tertiary/aromatic N) is 1. The van der Waals surface area contributed by atoms with Gasteiger partial charge in [-0.1, -0.05) is 24.3 Å². The molecule has 88 valence electrons. The molecule has 0 spiro atoms. The number of hydrogen-bond acceptors (Lipinski definition) is 4. The molecule has 0 saturated heterocycles. The topological polar surface area (TPSA) is 85.9 Å². The number of hydrogen-bond donors (Lipinski definition) is 1. The Balaban J connectivity index is 0.00000133. The van der Waals surface area contributed by atoms with Gasteiger partial charge < -0.3 is 14.9 Å². The summed E-state index contributed by atoms with van der Waals surface area (Å²) in [4.78, 5) is 28.5. The molecule has 0 bridgehead atoms. The second-order valence-electron chi connectivity index (χ2n) is 3.92. The molecule has 6 heteroatoms. The van der Waals surface area contributed by atoms with Crippen LogP contribution in [0, 0.1) is 0 Å². The number of aromatic nitrogens is 2. The van der Waals surface area contributed by atoms with Gasteiger partial charge in [0.05, 0.1) is 10.9 Å². The van der Waals surface area contributed by atoms with Crippen LogP contribution in [0.4, 0.5) is 0 Å². The number of aromatic carboxylic acids is 1. The third kappa shape index (κ3) is 2.40. The maximum Gasteiger partial charge on any atom is 1.00 e. The first-order valence-corrected chi connectivity index (χ1v) is 5.29. The normalized spacial score (nSPS) is 10.3. The van der Waals surface area contributed by atoms with E-state index in [0.29, 0.717) is 10.9 Å². The molecule has 3 aromatic rings. The van der Waals surface area contributed by atoms with Crippen LogP contribution < -0.4 is 40.2 Å². The second kappa shape index (κ2) is 5.13. The molecule has 0 saturated carbocycles. The van der Waals surface area contributed by atoms with E-state index in [2.05, 4.69) is 9.97 Å². The third-order valence-electron chi connectivity index (χ3n) is 2.77. The number of H-pyrrole nitrogens is 1. The van der Waals surface area contributed by atoms with Crippen molar-refractivity contribution in [1.82, 2.24) is 9.97 Å².